The maximum Gasteiger partial charge on any atom is 0.441 e. The summed E-state index contributed by atoms with van der Waals surface area (Å²) in [5.74, 6) is 0.167. The van der Waals surface area contributed by atoms with Gasteiger partial charge in [0.15, 0.2) is 0 Å². The third kappa shape index (κ3) is 16.1. The van der Waals surface area contributed by atoms with Crippen LogP contribution in [0.2, 0.25) is 0 Å². The zero-order valence-corrected chi connectivity index (χ0v) is 12.0. The van der Waals surface area contributed by atoms with Crippen LogP contribution in [-0.2, 0) is 4.74 Å². The van der Waals surface area contributed by atoms with E-state index in [0.29, 0.717) is 13.0 Å². The van der Waals surface area contributed by atoms with Crippen LogP contribution in [0, 0.1) is 0 Å². The van der Waals surface area contributed by atoms with Crippen LogP contribution in [0.4, 0.5) is 13.2 Å². The van der Waals surface area contributed by atoms with Gasteiger partial charge in [-0.25, -0.2) is 0 Å². The average Bonchev–Trinajstić information content (AvgIpc) is 2.29. The fourth-order valence-electron chi connectivity index (χ4n) is 1.58. The van der Waals surface area contributed by atoms with E-state index < -0.39 is 5.51 Å². The highest BCUT2D eigenvalue weighted by atomic mass is 32.2. The number of alkyl halides is 3. The molecule has 0 bridgehead atoms. The maximum atomic E-state index is 11.8. The second kappa shape index (κ2) is 12.2. The molecular formula is C13H25F3OS. The maximum absolute atomic E-state index is 11.8. The number of rotatable bonds is 12. The van der Waals surface area contributed by atoms with Gasteiger partial charge < -0.3 is 4.74 Å². The minimum Gasteiger partial charge on any atom is -0.381 e. The lowest BCUT2D eigenvalue weighted by molar-refractivity contribution is -0.0328. The minimum atomic E-state index is -4.07. The van der Waals surface area contributed by atoms with Crippen LogP contribution in [0.15, 0.2) is 0 Å². The molecule has 0 unspecified atom stereocenters. The van der Waals surface area contributed by atoms with E-state index in [4.69, 9.17) is 4.74 Å². The van der Waals surface area contributed by atoms with Gasteiger partial charge in [0, 0.05) is 19.0 Å². The van der Waals surface area contributed by atoms with Crippen molar-refractivity contribution in [1.82, 2.24) is 0 Å². The lowest BCUT2D eigenvalue weighted by Gasteiger charge is -2.06. The Bertz CT molecular complexity index is 174. The van der Waals surface area contributed by atoms with Crippen molar-refractivity contribution in [3.8, 4) is 0 Å². The SMILES string of the molecule is CCCCCCCOCCCCCSC(F)(F)F. The van der Waals surface area contributed by atoms with Crippen LogP contribution < -0.4 is 0 Å². The van der Waals surface area contributed by atoms with E-state index in [1.165, 1.54) is 25.7 Å². The van der Waals surface area contributed by atoms with Crippen molar-refractivity contribution >= 4 is 11.8 Å². The van der Waals surface area contributed by atoms with Crippen LogP contribution in [0.25, 0.3) is 0 Å². The number of unbranched alkanes of at least 4 members (excludes halogenated alkanes) is 6. The second-order valence-corrected chi connectivity index (χ2v) is 5.54. The zero-order chi connectivity index (χ0) is 13.7. The molecule has 0 aliphatic heterocycles. The summed E-state index contributed by atoms with van der Waals surface area (Å²) in [6, 6.07) is 0. The first-order valence-corrected chi connectivity index (χ1v) is 7.83. The van der Waals surface area contributed by atoms with E-state index in [1.807, 2.05) is 0 Å². The summed E-state index contributed by atoms with van der Waals surface area (Å²) in [6.45, 7) is 3.67. The van der Waals surface area contributed by atoms with Crippen LogP contribution in [-0.4, -0.2) is 24.5 Å². The molecule has 0 aliphatic carbocycles. The van der Waals surface area contributed by atoms with Gasteiger partial charge in [-0.1, -0.05) is 50.8 Å². The van der Waals surface area contributed by atoms with Crippen molar-refractivity contribution in [3.05, 3.63) is 0 Å². The van der Waals surface area contributed by atoms with E-state index in [1.54, 1.807) is 0 Å². The number of hydrogen-bond acceptors (Lipinski definition) is 2. The Balaban J connectivity index is 2.99. The minimum absolute atomic E-state index is 0.0722. The molecule has 0 heterocycles. The van der Waals surface area contributed by atoms with Crippen LogP contribution >= 0.6 is 11.8 Å². The van der Waals surface area contributed by atoms with Gasteiger partial charge in [0.2, 0.25) is 0 Å². The van der Waals surface area contributed by atoms with Gasteiger partial charge >= 0.3 is 5.51 Å². The molecule has 0 rings (SSSR count). The van der Waals surface area contributed by atoms with E-state index >= 15 is 0 Å². The van der Waals surface area contributed by atoms with Crippen molar-refractivity contribution in [2.75, 3.05) is 19.0 Å². The summed E-state index contributed by atoms with van der Waals surface area (Å²) >= 11 is 0.0722. The van der Waals surface area contributed by atoms with Gasteiger partial charge in [0.25, 0.3) is 0 Å². The predicted octanol–water partition coefficient (Wildman–Crippen LogP) is 5.40. The fraction of sp³-hybridized carbons (Fsp3) is 1.00. The Hall–Kier alpha value is 0.100. The quantitative estimate of drug-likeness (QED) is 0.444. The van der Waals surface area contributed by atoms with Crippen LogP contribution in [0.1, 0.15) is 58.3 Å². The molecule has 110 valence electrons. The molecular weight excluding hydrogens is 261 g/mol. The first-order chi connectivity index (χ1) is 8.56. The standard InChI is InChI=1S/C13H25F3OS/c1-2-3-4-5-7-10-17-11-8-6-9-12-18-13(14,15)16/h2-12H2,1H3. The second-order valence-electron chi connectivity index (χ2n) is 4.38. The first kappa shape index (κ1) is 18.1. The van der Waals surface area contributed by atoms with Gasteiger partial charge in [0.05, 0.1) is 0 Å². The molecule has 0 amide bonds. The summed E-state index contributed by atoms with van der Waals surface area (Å²) in [5.41, 5.74) is -4.07. The molecule has 0 fully saturated rings. The number of thioether (sulfide) groups is 1. The lowest BCUT2D eigenvalue weighted by atomic mass is 10.2. The summed E-state index contributed by atoms with van der Waals surface area (Å²) in [5, 5.41) is 0. The summed E-state index contributed by atoms with van der Waals surface area (Å²) in [6.07, 6.45) is 8.43. The third-order valence-electron chi connectivity index (χ3n) is 2.59. The molecule has 0 radical (unpaired) electrons. The molecule has 0 aromatic rings. The van der Waals surface area contributed by atoms with Crippen molar-refractivity contribution in [1.29, 1.82) is 0 Å². The van der Waals surface area contributed by atoms with Crippen LogP contribution in [0.3, 0.4) is 0 Å². The van der Waals surface area contributed by atoms with E-state index in [9.17, 15) is 13.2 Å². The first-order valence-electron chi connectivity index (χ1n) is 6.84. The van der Waals surface area contributed by atoms with Crippen molar-refractivity contribution in [2.24, 2.45) is 0 Å². The van der Waals surface area contributed by atoms with E-state index in [0.717, 1.165) is 25.9 Å². The van der Waals surface area contributed by atoms with Crippen molar-refractivity contribution in [2.45, 2.75) is 63.8 Å². The zero-order valence-electron chi connectivity index (χ0n) is 11.2. The highest BCUT2D eigenvalue weighted by Crippen LogP contribution is 2.30. The molecule has 0 N–H and O–H groups in total. The van der Waals surface area contributed by atoms with Gasteiger partial charge in [0.1, 0.15) is 0 Å². The Kier molecular flexibility index (Phi) is 12.2. The summed E-state index contributed by atoms with van der Waals surface area (Å²) < 4.78 is 40.8. The average molecular weight is 286 g/mol. The van der Waals surface area contributed by atoms with Crippen LogP contribution in [0.5, 0.6) is 0 Å². The lowest BCUT2D eigenvalue weighted by Crippen LogP contribution is -2.02. The Morgan fingerprint density at radius 3 is 1.94 bits per heavy atom. The molecule has 0 saturated heterocycles. The van der Waals surface area contributed by atoms with Gasteiger partial charge in [-0.3, -0.25) is 0 Å². The fourth-order valence-corrected chi connectivity index (χ4v) is 2.16. The van der Waals surface area contributed by atoms with Gasteiger partial charge in [-0.2, -0.15) is 13.2 Å². The molecule has 0 atom stereocenters. The molecule has 5 heteroatoms. The molecule has 0 aliphatic rings. The highest BCUT2D eigenvalue weighted by Gasteiger charge is 2.27. The Morgan fingerprint density at radius 2 is 1.39 bits per heavy atom. The Labute approximate surface area is 113 Å². The molecule has 1 nitrogen and oxygen atoms in total. The number of halogens is 3. The topological polar surface area (TPSA) is 9.23 Å². The number of hydrogen-bond donors (Lipinski definition) is 0. The summed E-state index contributed by atoms with van der Waals surface area (Å²) in [7, 11) is 0. The molecule has 0 aromatic heterocycles. The Morgan fingerprint density at radius 1 is 0.833 bits per heavy atom. The highest BCUT2D eigenvalue weighted by molar-refractivity contribution is 8.00. The summed E-state index contributed by atoms with van der Waals surface area (Å²) in [4.78, 5) is 0. The normalized spacial score (nSPS) is 12.0. The molecule has 0 saturated carbocycles. The van der Waals surface area contributed by atoms with Gasteiger partial charge in [-0.05, 0) is 19.3 Å². The molecule has 18 heavy (non-hydrogen) atoms. The van der Waals surface area contributed by atoms with Crippen molar-refractivity contribution in [3.63, 3.8) is 0 Å². The smallest absolute Gasteiger partial charge is 0.381 e. The predicted molar refractivity (Wildman–Crippen MR) is 71.9 cm³/mol. The largest absolute Gasteiger partial charge is 0.441 e. The molecule has 0 aromatic carbocycles. The van der Waals surface area contributed by atoms with Gasteiger partial charge in [-0.15, -0.1) is 0 Å². The van der Waals surface area contributed by atoms with E-state index in [2.05, 4.69) is 6.92 Å². The monoisotopic (exact) mass is 286 g/mol. The number of ether oxygens (including phenoxy) is 1. The molecule has 0 spiro atoms. The third-order valence-corrected chi connectivity index (χ3v) is 3.41. The van der Waals surface area contributed by atoms with Crippen molar-refractivity contribution < 1.29 is 17.9 Å². The van der Waals surface area contributed by atoms with E-state index in [-0.39, 0.29) is 17.5 Å².